The summed E-state index contributed by atoms with van der Waals surface area (Å²) in [6.07, 6.45) is 2.89. The van der Waals surface area contributed by atoms with E-state index in [9.17, 15) is 4.39 Å². The van der Waals surface area contributed by atoms with Gasteiger partial charge in [-0.15, -0.1) is 0 Å². The van der Waals surface area contributed by atoms with E-state index in [1.165, 1.54) is 17.3 Å². The largest absolute Gasteiger partial charge is 0.360 e. The van der Waals surface area contributed by atoms with E-state index in [1.807, 2.05) is 12.3 Å². The lowest BCUT2D eigenvalue weighted by Gasteiger charge is -2.32. The Morgan fingerprint density at radius 3 is 2.78 bits per heavy atom. The van der Waals surface area contributed by atoms with Crippen molar-refractivity contribution in [1.29, 1.82) is 0 Å². The van der Waals surface area contributed by atoms with Gasteiger partial charge >= 0.3 is 0 Å². The van der Waals surface area contributed by atoms with Crippen molar-refractivity contribution in [3.8, 4) is 11.1 Å². The maximum atomic E-state index is 13.4. The van der Waals surface area contributed by atoms with Crippen LogP contribution >= 0.6 is 0 Å². The van der Waals surface area contributed by atoms with Crippen LogP contribution in [0.3, 0.4) is 0 Å². The molecule has 1 N–H and O–H groups in total. The first kappa shape index (κ1) is 16.7. The maximum Gasteiger partial charge on any atom is 0.125 e. The van der Waals surface area contributed by atoms with Gasteiger partial charge in [-0.05, 0) is 48.5 Å². The molecule has 0 saturated carbocycles. The topological polar surface area (TPSA) is 34.6 Å². The lowest BCUT2D eigenvalue weighted by molar-refractivity contribution is 0.170. The number of aromatic amines is 1. The molecule has 2 aliphatic rings. The molecule has 2 aromatic carbocycles. The first-order chi connectivity index (χ1) is 13.2. The number of aromatic nitrogens is 1. The highest BCUT2D eigenvalue weighted by Gasteiger charge is 2.20. The minimum atomic E-state index is -0.216. The number of nitrogens with one attached hydrogen (secondary N) is 1. The van der Waals surface area contributed by atoms with Crippen molar-refractivity contribution >= 4 is 22.3 Å². The fraction of sp³-hybridized carbons (Fsp3) is 0.318. The van der Waals surface area contributed by atoms with Gasteiger partial charge < -0.3 is 9.88 Å². The van der Waals surface area contributed by atoms with Gasteiger partial charge in [-0.1, -0.05) is 6.07 Å². The van der Waals surface area contributed by atoms with E-state index in [0.29, 0.717) is 0 Å². The minimum absolute atomic E-state index is 0.216. The molecule has 27 heavy (non-hydrogen) atoms. The molecule has 0 spiro atoms. The van der Waals surface area contributed by atoms with Crippen molar-refractivity contribution in [2.24, 2.45) is 4.99 Å². The Balaban J connectivity index is 1.36. The lowest BCUT2D eigenvalue weighted by Crippen LogP contribution is -2.46. The second-order valence-electron chi connectivity index (χ2n) is 7.67. The molecular weight excluding hydrogens is 339 g/mol. The second-order valence-corrected chi connectivity index (χ2v) is 7.67. The number of nitrogens with zero attached hydrogens (tertiary/aromatic N) is 3. The SMILES string of the molecule is CN1CCN(CC2=Nc3ccc(-c4c[nH]c5cc(F)ccc45)cc3C2)CC1. The van der Waals surface area contributed by atoms with Gasteiger partial charge in [-0.2, -0.15) is 0 Å². The highest BCUT2D eigenvalue weighted by atomic mass is 19.1. The third kappa shape index (κ3) is 3.17. The van der Waals surface area contributed by atoms with Crippen molar-refractivity contribution in [3.05, 3.63) is 54.0 Å². The second kappa shape index (κ2) is 6.59. The number of rotatable bonds is 3. The van der Waals surface area contributed by atoms with E-state index in [2.05, 4.69) is 40.0 Å². The normalized spacial score (nSPS) is 18.1. The standard InChI is InChI=1S/C22H23FN4/c1-26-6-8-27(9-7-26)14-18-11-16-10-15(2-5-21(16)25-18)20-13-24-22-12-17(23)3-4-19(20)22/h2-5,10,12-13,24H,6-9,11,14H2,1H3. The summed E-state index contributed by atoms with van der Waals surface area (Å²) in [7, 11) is 2.18. The predicted octanol–water partition coefficient (Wildman–Crippen LogP) is 3.85. The van der Waals surface area contributed by atoms with E-state index in [1.54, 1.807) is 6.07 Å². The number of piperazine rings is 1. The Hall–Kier alpha value is -2.50. The van der Waals surface area contributed by atoms with E-state index in [-0.39, 0.29) is 5.82 Å². The molecule has 5 heteroatoms. The molecule has 2 aliphatic heterocycles. The van der Waals surface area contributed by atoms with Crippen LogP contribution in [0.2, 0.25) is 0 Å². The molecule has 3 aromatic rings. The Morgan fingerprint density at radius 2 is 1.93 bits per heavy atom. The van der Waals surface area contributed by atoms with Crippen LogP contribution in [0.1, 0.15) is 5.56 Å². The highest BCUT2D eigenvalue weighted by molar-refractivity contribution is 5.98. The number of aliphatic imine (C=N–C) groups is 1. The summed E-state index contributed by atoms with van der Waals surface area (Å²) in [6.45, 7) is 5.45. The number of hydrogen-bond acceptors (Lipinski definition) is 3. The molecule has 0 amide bonds. The average molecular weight is 362 g/mol. The van der Waals surface area contributed by atoms with Crippen molar-refractivity contribution in [1.82, 2.24) is 14.8 Å². The summed E-state index contributed by atoms with van der Waals surface area (Å²) in [6, 6.07) is 11.4. The first-order valence-electron chi connectivity index (χ1n) is 9.53. The van der Waals surface area contributed by atoms with Gasteiger partial charge in [0.05, 0.1) is 5.69 Å². The average Bonchev–Trinajstić information content (AvgIpc) is 3.25. The smallest absolute Gasteiger partial charge is 0.125 e. The van der Waals surface area contributed by atoms with Gasteiger partial charge in [0.15, 0.2) is 0 Å². The Bertz CT molecular complexity index is 1030. The first-order valence-corrected chi connectivity index (χ1v) is 9.53. The fourth-order valence-corrected chi connectivity index (χ4v) is 4.13. The van der Waals surface area contributed by atoms with Crippen LogP contribution in [0.4, 0.5) is 10.1 Å². The van der Waals surface area contributed by atoms with E-state index in [0.717, 1.165) is 66.9 Å². The molecule has 0 aliphatic carbocycles. The number of fused-ring (bicyclic) bond motifs is 2. The fourth-order valence-electron chi connectivity index (χ4n) is 4.13. The van der Waals surface area contributed by atoms with Crippen LogP contribution in [0, 0.1) is 5.82 Å². The zero-order chi connectivity index (χ0) is 18.4. The zero-order valence-corrected chi connectivity index (χ0v) is 15.5. The third-order valence-electron chi connectivity index (χ3n) is 5.71. The van der Waals surface area contributed by atoms with Crippen molar-refractivity contribution in [2.45, 2.75) is 6.42 Å². The van der Waals surface area contributed by atoms with E-state index in [4.69, 9.17) is 4.99 Å². The summed E-state index contributed by atoms with van der Waals surface area (Å²) in [5, 5.41) is 1.05. The molecule has 1 fully saturated rings. The van der Waals surface area contributed by atoms with Gasteiger partial charge in [0.2, 0.25) is 0 Å². The number of benzene rings is 2. The molecular formula is C22H23FN4. The summed E-state index contributed by atoms with van der Waals surface area (Å²) in [5.41, 5.74) is 6.73. The third-order valence-corrected chi connectivity index (χ3v) is 5.71. The van der Waals surface area contributed by atoms with Crippen LogP contribution in [0.5, 0.6) is 0 Å². The van der Waals surface area contributed by atoms with Gasteiger partial charge in [0, 0.05) is 67.5 Å². The molecule has 0 unspecified atom stereocenters. The number of halogens is 1. The Morgan fingerprint density at radius 1 is 1.07 bits per heavy atom. The van der Waals surface area contributed by atoms with E-state index >= 15 is 0 Å². The quantitative estimate of drug-likeness (QED) is 0.768. The van der Waals surface area contributed by atoms with Gasteiger partial charge in [0.25, 0.3) is 0 Å². The van der Waals surface area contributed by atoms with Crippen LogP contribution in [-0.4, -0.2) is 60.3 Å². The summed E-state index contributed by atoms with van der Waals surface area (Å²) in [5.74, 6) is -0.216. The van der Waals surface area contributed by atoms with Crippen LogP contribution in [-0.2, 0) is 6.42 Å². The molecule has 4 nitrogen and oxygen atoms in total. The number of likely N-dealkylation sites (N-methyl/N-ethyl adjacent to an activating group) is 1. The summed E-state index contributed by atoms with van der Waals surface area (Å²) >= 11 is 0. The van der Waals surface area contributed by atoms with E-state index < -0.39 is 0 Å². The van der Waals surface area contributed by atoms with Gasteiger partial charge in [-0.25, -0.2) is 4.39 Å². The van der Waals surface area contributed by atoms with Crippen LogP contribution in [0.15, 0.2) is 47.6 Å². The van der Waals surface area contributed by atoms with Crippen molar-refractivity contribution < 1.29 is 4.39 Å². The lowest BCUT2D eigenvalue weighted by atomic mass is 10.00. The predicted molar refractivity (Wildman–Crippen MR) is 108 cm³/mol. The molecule has 1 aromatic heterocycles. The molecule has 138 valence electrons. The molecule has 1 saturated heterocycles. The maximum absolute atomic E-state index is 13.4. The summed E-state index contributed by atoms with van der Waals surface area (Å²) in [4.78, 5) is 12.9. The molecule has 0 radical (unpaired) electrons. The van der Waals surface area contributed by atoms with Crippen molar-refractivity contribution in [2.75, 3.05) is 39.8 Å². The Kier molecular flexibility index (Phi) is 4.06. The van der Waals surface area contributed by atoms with Crippen molar-refractivity contribution in [3.63, 3.8) is 0 Å². The van der Waals surface area contributed by atoms with Gasteiger partial charge in [0.1, 0.15) is 5.82 Å². The van der Waals surface area contributed by atoms with Crippen LogP contribution in [0.25, 0.3) is 22.0 Å². The minimum Gasteiger partial charge on any atom is -0.360 e. The number of H-pyrrole nitrogens is 1. The summed E-state index contributed by atoms with van der Waals surface area (Å²) < 4.78 is 13.4. The highest BCUT2D eigenvalue weighted by Crippen LogP contribution is 2.34. The van der Waals surface area contributed by atoms with Gasteiger partial charge in [-0.3, -0.25) is 9.89 Å². The molecule has 0 atom stereocenters. The molecule has 5 rings (SSSR count). The molecule has 3 heterocycles. The number of hydrogen-bond donors (Lipinski definition) is 1. The molecule has 0 bridgehead atoms. The Labute approximate surface area is 158 Å². The van der Waals surface area contributed by atoms with Crippen LogP contribution < -0.4 is 0 Å². The monoisotopic (exact) mass is 362 g/mol. The zero-order valence-electron chi connectivity index (χ0n) is 15.5.